The summed E-state index contributed by atoms with van der Waals surface area (Å²) in [5.41, 5.74) is 11.7. The zero-order valence-electron chi connectivity index (χ0n) is 28.8. The molecule has 51 heavy (non-hydrogen) atoms. The Kier molecular flexibility index (Phi) is 10.3. The van der Waals surface area contributed by atoms with Crippen molar-refractivity contribution in [3.8, 4) is 0 Å². The highest BCUT2D eigenvalue weighted by molar-refractivity contribution is 6.06. The lowest BCUT2D eigenvalue weighted by molar-refractivity contribution is -0.138. The molecule has 0 aromatic heterocycles. The molecule has 5 N–H and O–H groups in total. The van der Waals surface area contributed by atoms with E-state index >= 15 is 0 Å². The smallest absolute Gasteiger partial charge is 0.255 e. The average molecular weight is 699 g/mol. The van der Waals surface area contributed by atoms with Gasteiger partial charge in [-0.15, -0.1) is 0 Å². The second kappa shape index (κ2) is 15.0. The van der Waals surface area contributed by atoms with Crippen molar-refractivity contribution in [2.75, 3.05) is 39.3 Å². The van der Waals surface area contributed by atoms with Gasteiger partial charge in [-0.2, -0.15) is 0 Å². The Morgan fingerprint density at radius 1 is 0.608 bits per heavy atom. The first-order chi connectivity index (χ1) is 24.7. The van der Waals surface area contributed by atoms with Crippen LogP contribution in [0.15, 0.2) is 36.4 Å². The van der Waals surface area contributed by atoms with E-state index in [9.17, 15) is 28.8 Å². The minimum atomic E-state index is -0.562. The molecule has 6 aliphatic heterocycles. The lowest BCUT2D eigenvalue weighted by atomic mass is 10.0. The molecule has 14 heteroatoms. The number of amides is 6. The monoisotopic (exact) mass is 698 g/mol. The first-order valence-corrected chi connectivity index (χ1v) is 18.1. The number of piperidine rings is 3. The topological polar surface area (TPSA) is 177 Å². The number of nitrogens with one attached hydrogen (secondary N) is 3. The molecule has 4 saturated heterocycles. The summed E-state index contributed by atoms with van der Waals surface area (Å²) in [7, 11) is 0. The number of benzene rings is 2. The molecule has 6 aliphatic rings. The summed E-state index contributed by atoms with van der Waals surface area (Å²) < 4.78 is 0. The number of hydrogen-bond donors (Lipinski definition) is 4. The van der Waals surface area contributed by atoms with Crippen molar-refractivity contribution in [1.82, 2.24) is 35.6 Å². The molecule has 6 amide bonds. The first-order valence-electron chi connectivity index (χ1n) is 18.1. The van der Waals surface area contributed by atoms with Crippen LogP contribution in [0.2, 0.25) is 0 Å². The number of imide groups is 2. The molecular formula is C37H46N8O6. The molecule has 0 aliphatic carbocycles. The fourth-order valence-electron chi connectivity index (χ4n) is 8.06. The molecule has 0 radical (unpaired) electrons. The van der Waals surface area contributed by atoms with E-state index < -0.39 is 12.1 Å². The summed E-state index contributed by atoms with van der Waals surface area (Å²) in [5.74, 6) is -1.47. The molecule has 14 nitrogen and oxygen atoms in total. The minimum Gasteiger partial charge on any atom is -0.328 e. The van der Waals surface area contributed by atoms with E-state index in [0.29, 0.717) is 37.1 Å². The molecule has 2 aromatic carbocycles. The average Bonchev–Trinajstić information content (AvgIpc) is 3.64. The van der Waals surface area contributed by atoms with Crippen molar-refractivity contribution in [3.05, 3.63) is 69.8 Å². The molecule has 2 aromatic rings. The second-order valence-corrected chi connectivity index (χ2v) is 14.3. The van der Waals surface area contributed by atoms with Crippen molar-refractivity contribution < 1.29 is 28.8 Å². The van der Waals surface area contributed by atoms with Crippen LogP contribution >= 0.6 is 0 Å². The summed E-state index contributed by atoms with van der Waals surface area (Å²) in [6, 6.07) is 10.8. The van der Waals surface area contributed by atoms with Crippen LogP contribution in [0.4, 0.5) is 0 Å². The Balaban J connectivity index is 0.000000159. The maximum Gasteiger partial charge on any atom is 0.255 e. The SMILES string of the molecule is NC1CCN(Cc2cccc3c2CN(C2CCC(=O)NC2=O)C3=O)CC1.O=C1CCC(N2Cc3c(CN4CCNCC4)cccc3C2=O)C(=O)N1. The molecule has 8 rings (SSSR count). The molecule has 2 atom stereocenters. The summed E-state index contributed by atoms with van der Waals surface area (Å²) >= 11 is 0. The second-order valence-electron chi connectivity index (χ2n) is 14.3. The van der Waals surface area contributed by atoms with Crippen molar-refractivity contribution in [2.24, 2.45) is 5.73 Å². The normalized spacial score (nSPS) is 24.6. The Morgan fingerprint density at radius 3 is 1.51 bits per heavy atom. The summed E-state index contributed by atoms with van der Waals surface area (Å²) in [6.07, 6.45) is 3.34. The van der Waals surface area contributed by atoms with E-state index in [4.69, 9.17) is 5.73 Å². The number of likely N-dealkylation sites (tertiary alicyclic amines) is 1. The highest BCUT2D eigenvalue weighted by Gasteiger charge is 2.41. The lowest BCUT2D eigenvalue weighted by Crippen LogP contribution is -2.52. The lowest BCUT2D eigenvalue weighted by Gasteiger charge is -2.31. The number of hydrogen-bond acceptors (Lipinski definition) is 10. The predicted octanol–water partition coefficient (Wildman–Crippen LogP) is 0.224. The summed E-state index contributed by atoms with van der Waals surface area (Å²) in [6.45, 7) is 8.39. The predicted molar refractivity (Wildman–Crippen MR) is 186 cm³/mol. The third-order valence-electron chi connectivity index (χ3n) is 11.0. The Morgan fingerprint density at radius 2 is 1.06 bits per heavy atom. The van der Waals surface area contributed by atoms with Crippen LogP contribution in [0.3, 0.4) is 0 Å². The molecule has 270 valence electrons. The highest BCUT2D eigenvalue weighted by Crippen LogP contribution is 2.32. The fraction of sp³-hybridized carbons (Fsp3) is 0.514. The first kappa shape index (κ1) is 34.9. The van der Waals surface area contributed by atoms with Gasteiger partial charge < -0.3 is 20.9 Å². The molecule has 0 saturated carbocycles. The number of carbonyl (C=O) groups excluding carboxylic acids is 6. The third-order valence-corrected chi connectivity index (χ3v) is 11.0. The largest absolute Gasteiger partial charge is 0.328 e. The van der Waals surface area contributed by atoms with E-state index in [1.807, 2.05) is 24.3 Å². The van der Waals surface area contributed by atoms with Gasteiger partial charge >= 0.3 is 0 Å². The van der Waals surface area contributed by atoms with E-state index in [1.54, 1.807) is 9.80 Å². The highest BCUT2D eigenvalue weighted by atomic mass is 16.2. The van der Waals surface area contributed by atoms with Gasteiger partial charge in [0.05, 0.1) is 0 Å². The molecule has 4 fully saturated rings. The Labute approximate surface area is 297 Å². The molecule has 2 unspecified atom stereocenters. The number of fused-ring (bicyclic) bond motifs is 2. The van der Waals surface area contributed by atoms with Gasteiger partial charge in [-0.25, -0.2) is 0 Å². The zero-order chi connectivity index (χ0) is 35.6. The molecular weight excluding hydrogens is 652 g/mol. The molecule has 0 spiro atoms. The van der Waals surface area contributed by atoms with Crippen molar-refractivity contribution >= 4 is 35.4 Å². The van der Waals surface area contributed by atoms with Gasteiger partial charge in [0, 0.05) is 82.4 Å². The standard InChI is InChI=1S/C19H24N4O3.C18H22N4O3/c20-13-6-8-22(9-7-13)10-12-2-1-3-14-15(12)11-23(19(14)26)16-4-5-17(24)21-18(16)25;23-16-5-4-15(17(24)20-16)22-11-14-12(2-1-3-13(14)18(22)25)10-21-8-6-19-7-9-21/h1-3,13,16H,4-11,20H2,(H,21,24,25);1-3,15,19H,4-11H2,(H,20,23,24). The number of nitrogens with two attached hydrogens (primary N) is 1. The zero-order valence-corrected chi connectivity index (χ0v) is 28.8. The van der Waals surface area contributed by atoms with Gasteiger partial charge in [-0.3, -0.25) is 49.2 Å². The fourth-order valence-corrected chi connectivity index (χ4v) is 8.06. The van der Waals surface area contributed by atoms with Gasteiger partial charge in [-0.1, -0.05) is 24.3 Å². The van der Waals surface area contributed by atoms with Crippen LogP contribution in [0.1, 0.15) is 81.5 Å². The van der Waals surface area contributed by atoms with Crippen LogP contribution in [-0.4, -0.2) is 112 Å². The summed E-state index contributed by atoms with van der Waals surface area (Å²) in [5, 5.41) is 8.04. The van der Waals surface area contributed by atoms with Gasteiger partial charge in [0.15, 0.2) is 0 Å². The Hall–Kier alpha value is -4.50. The van der Waals surface area contributed by atoms with E-state index in [-0.39, 0.29) is 54.3 Å². The van der Waals surface area contributed by atoms with E-state index in [2.05, 4.69) is 37.9 Å². The Bertz CT molecular complexity index is 1730. The molecule has 6 heterocycles. The number of piperazine rings is 1. The quantitative estimate of drug-likeness (QED) is 0.306. The number of rotatable bonds is 6. The van der Waals surface area contributed by atoms with Crippen LogP contribution in [0.5, 0.6) is 0 Å². The number of carbonyl (C=O) groups is 6. The van der Waals surface area contributed by atoms with Crippen molar-refractivity contribution in [2.45, 2.75) is 82.8 Å². The van der Waals surface area contributed by atoms with Gasteiger partial charge in [0.1, 0.15) is 12.1 Å². The van der Waals surface area contributed by atoms with Gasteiger partial charge in [0.2, 0.25) is 23.6 Å². The van der Waals surface area contributed by atoms with Crippen molar-refractivity contribution in [1.29, 1.82) is 0 Å². The van der Waals surface area contributed by atoms with Crippen LogP contribution in [-0.2, 0) is 45.4 Å². The van der Waals surface area contributed by atoms with Gasteiger partial charge in [-0.05, 0) is 73.2 Å². The maximum absolute atomic E-state index is 12.8. The maximum atomic E-state index is 12.8. The van der Waals surface area contributed by atoms with E-state index in [1.165, 1.54) is 0 Å². The third kappa shape index (κ3) is 7.45. The minimum absolute atomic E-state index is 0.105. The van der Waals surface area contributed by atoms with E-state index in [0.717, 1.165) is 87.5 Å². The number of nitrogens with zero attached hydrogens (tertiary/aromatic N) is 4. The van der Waals surface area contributed by atoms with Gasteiger partial charge in [0.25, 0.3) is 11.8 Å². The van der Waals surface area contributed by atoms with Crippen LogP contribution in [0.25, 0.3) is 0 Å². The van der Waals surface area contributed by atoms with Crippen LogP contribution < -0.4 is 21.7 Å². The molecule has 0 bridgehead atoms. The summed E-state index contributed by atoms with van der Waals surface area (Å²) in [4.78, 5) is 80.7. The van der Waals surface area contributed by atoms with Crippen LogP contribution in [0, 0.1) is 0 Å². The van der Waals surface area contributed by atoms with Crippen molar-refractivity contribution in [3.63, 3.8) is 0 Å².